The van der Waals surface area contributed by atoms with Gasteiger partial charge in [0.1, 0.15) is 17.5 Å². The number of hydrogen-bond donors (Lipinski definition) is 1. The molecule has 0 aromatic heterocycles. The quantitative estimate of drug-likeness (QED) is 0.393. The minimum atomic E-state index is -0.892. The maximum absolute atomic E-state index is 13.7. The molecular formula is C16H9ClFN3O3. The van der Waals surface area contributed by atoms with E-state index in [2.05, 4.69) is 5.32 Å². The summed E-state index contributed by atoms with van der Waals surface area (Å²) in [5, 5.41) is 22.4. The molecule has 0 unspecified atom stereocenters. The number of non-ortho nitro benzene ring substituents is 1. The summed E-state index contributed by atoms with van der Waals surface area (Å²) in [7, 11) is 0. The van der Waals surface area contributed by atoms with Gasteiger partial charge in [-0.05, 0) is 29.8 Å². The van der Waals surface area contributed by atoms with Crippen molar-refractivity contribution >= 4 is 35.0 Å². The molecule has 0 saturated heterocycles. The lowest BCUT2D eigenvalue weighted by Crippen LogP contribution is -2.14. The number of carbonyl (C=O) groups is 1. The van der Waals surface area contributed by atoms with E-state index in [-0.39, 0.29) is 16.9 Å². The van der Waals surface area contributed by atoms with Crippen LogP contribution in [-0.4, -0.2) is 10.8 Å². The van der Waals surface area contributed by atoms with Crippen LogP contribution in [0.15, 0.2) is 48.0 Å². The summed E-state index contributed by atoms with van der Waals surface area (Å²) in [6.45, 7) is 0. The lowest BCUT2D eigenvalue weighted by molar-refractivity contribution is -0.384. The topological polar surface area (TPSA) is 96.0 Å². The maximum atomic E-state index is 13.7. The molecule has 0 bridgehead atoms. The second-order valence-electron chi connectivity index (χ2n) is 4.60. The number of amides is 1. The lowest BCUT2D eigenvalue weighted by Gasteiger charge is -2.05. The first-order valence-corrected chi connectivity index (χ1v) is 6.91. The van der Waals surface area contributed by atoms with Gasteiger partial charge < -0.3 is 5.32 Å². The molecule has 0 saturated carbocycles. The van der Waals surface area contributed by atoms with Crippen molar-refractivity contribution in [2.45, 2.75) is 0 Å². The van der Waals surface area contributed by atoms with Gasteiger partial charge in [0, 0.05) is 17.2 Å². The molecule has 1 N–H and O–H groups in total. The monoisotopic (exact) mass is 345 g/mol. The van der Waals surface area contributed by atoms with Crippen LogP contribution in [0.1, 0.15) is 5.56 Å². The minimum Gasteiger partial charge on any atom is -0.319 e. The predicted molar refractivity (Wildman–Crippen MR) is 86.7 cm³/mol. The fraction of sp³-hybridized carbons (Fsp3) is 0. The number of nitriles is 1. The number of nitrogens with zero attached hydrogens (tertiary/aromatic N) is 2. The smallest absolute Gasteiger partial charge is 0.271 e. The Morgan fingerprint density at radius 2 is 2.08 bits per heavy atom. The van der Waals surface area contributed by atoms with Gasteiger partial charge in [-0.3, -0.25) is 14.9 Å². The number of anilines is 1. The zero-order chi connectivity index (χ0) is 17.7. The van der Waals surface area contributed by atoms with Crippen molar-refractivity contribution in [1.82, 2.24) is 0 Å². The Bertz CT molecular complexity index is 890. The second-order valence-corrected chi connectivity index (χ2v) is 5.04. The highest BCUT2D eigenvalue weighted by Gasteiger charge is 2.15. The number of carbonyl (C=O) groups excluding carboxylic acids is 1. The number of hydrogen-bond acceptors (Lipinski definition) is 4. The zero-order valence-corrected chi connectivity index (χ0v) is 12.7. The lowest BCUT2D eigenvalue weighted by atomic mass is 10.1. The summed E-state index contributed by atoms with van der Waals surface area (Å²) < 4.78 is 13.7. The Morgan fingerprint density at radius 1 is 1.33 bits per heavy atom. The van der Waals surface area contributed by atoms with E-state index in [0.29, 0.717) is 10.6 Å². The molecule has 0 atom stereocenters. The van der Waals surface area contributed by atoms with Crippen LogP contribution in [0.25, 0.3) is 6.08 Å². The molecule has 0 aliphatic heterocycles. The number of benzene rings is 2. The third-order valence-corrected chi connectivity index (χ3v) is 3.17. The standard InChI is InChI=1S/C16H9ClFN3O3/c17-12-3-1-2-10(7-12)6-11(9-19)16(22)20-15-8-13(21(23)24)4-5-14(15)18/h1-8H,(H,20,22)/b11-6-. The Hall–Kier alpha value is -3.24. The van der Waals surface area contributed by atoms with Crippen molar-refractivity contribution in [1.29, 1.82) is 5.26 Å². The van der Waals surface area contributed by atoms with E-state index in [4.69, 9.17) is 16.9 Å². The third-order valence-electron chi connectivity index (χ3n) is 2.93. The van der Waals surface area contributed by atoms with Gasteiger partial charge in [0.15, 0.2) is 0 Å². The summed E-state index contributed by atoms with van der Waals surface area (Å²) in [5.74, 6) is -1.74. The minimum absolute atomic E-state index is 0.303. The molecule has 120 valence electrons. The van der Waals surface area contributed by atoms with E-state index in [9.17, 15) is 19.3 Å². The van der Waals surface area contributed by atoms with E-state index in [0.717, 1.165) is 18.2 Å². The van der Waals surface area contributed by atoms with Gasteiger partial charge in [-0.2, -0.15) is 5.26 Å². The molecule has 0 spiro atoms. The van der Waals surface area contributed by atoms with Crippen LogP contribution in [0.2, 0.25) is 5.02 Å². The van der Waals surface area contributed by atoms with E-state index in [1.165, 1.54) is 6.08 Å². The fourth-order valence-corrected chi connectivity index (χ4v) is 2.02. The predicted octanol–water partition coefficient (Wildman–Crippen LogP) is 3.93. The number of nitro groups is 1. The van der Waals surface area contributed by atoms with Gasteiger partial charge in [0.2, 0.25) is 0 Å². The highest BCUT2D eigenvalue weighted by Crippen LogP contribution is 2.22. The molecule has 8 heteroatoms. The molecular weight excluding hydrogens is 337 g/mol. The molecule has 2 aromatic carbocycles. The van der Waals surface area contributed by atoms with Crippen molar-refractivity contribution in [3.8, 4) is 6.07 Å². The largest absolute Gasteiger partial charge is 0.319 e. The van der Waals surface area contributed by atoms with Gasteiger partial charge >= 0.3 is 0 Å². The molecule has 0 radical (unpaired) electrons. The van der Waals surface area contributed by atoms with Crippen LogP contribution in [0.5, 0.6) is 0 Å². The third kappa shape index (κ3) is 4.15. The molecule has 0 fully saturated rings. The molecule has 6 nitrogen and oxygen atoms in total. The Balaban J connectivity index is 2.29. The number of halogens is 2. The maximum Gasteiger partial charge on any atom is 0.271 e. The summed E-state index contributed by atoms with van der Waals surface area (Å²) in [4.78, 5) is 22.1. The van der Waals surface area contributed by atoms with Crippen molar-refractivity contribution in [3.05, 3.63) is 74.6 Å². The first kappa shape index (κ1) is 17.1. The highest BCUT2D eigenvalue weighted by molar-refractivity contribution is 6.30. The van der Waals surface area contributed by atoms with Crippen molar-refractivity contribution in [2.24, 2.45) is 0 Å². The van der Waals surface area contributed by atoms with Crippen molar-refractivity contribution in [2.75, 3.05) is 5.32 Å². The van der Waals surface area contributed by atoms with Gasteiger partial charge in [0.05, 0.1) is 10.6 Å². The van der Waals surface area contributed by atoms with E-state index >= 15 is 0 Å². The molecule has 0 aliphatic rings. The van der Waals surface area contributed by atoms with Crippen LogP contribution in [0.4, 0.5) is 15.8 Å². The summed E-state index contributed by atoms with van der Waals surface area (Å²) >= 11 is 5.82. The number of rotatable bonds is 4. The average molecular weight is 346 g/mol. The molecule has 1 amide bonds. The zero-order valence-electron chi connectivity index (χ0n) is 12.0. The second kappa shape index (κ2) is 7.35. The van der Waals surface area contributed by atoms with Gasteiger partial charge in [-0.25, -0.2) is 4.39 Å². The van der Waals surface area contributed by atoms with Gasteiger partial charge in [-0.1, -0.05) is 23.7 Å². The molecule has 2 rings (SSSR count). The summed E-state index contributed by atoms with van der Waals surface area (Å²) in [6.07, 6.45) is 1.27. The SMILES string of the molecule is N#C/C(=C/c1cccc(Cl)c1)C(=O)Nc1cc([N+](=O)[O-])ccc1F. The highest BCUT2D eigenvalue weighted by atomic mass is 35.5. The normalized spacial score (nSPS) is 10.8. The first-order valence-electron chi connectivity index (χ1n) is 6.53. The average Bonchev–Trinajstić information content (AvgIpc) is 2.54. The fourth-order valence-electron chi connectivity index (χ4n) is 1.82. The Kier molecular flexibility index (Phi) is 5.24. The van der Waals surface area contributed by atoms with Crippen molar-refractivity contribution in [3.63, 3.8) is 0 Å². The molecule has 0 aliphatic carbocycles. The first-order chi connectivity index (χ1) is 11.4. The van der Waals surface area contributed by atoms with Crippen LogP contribution in [0.3, 0.4) is 0 Å². The Labute approximate surface area is 140 Å². The Morgan fingerprint density at radius 3 is 2.71 bits per heavy atom. The van der Waals surface area contributed by atoms with E-state index in [1.807, 2.05) is 0 Å². The van der Waals surface area contributed by atoms with Crippen LogP contribution >= 0.6 is 11.6 Å². The summed E-state index contributed by atoms with van der Waals surface area (Å²) in [5.41, 5.74) is -0.567. The van der Waals surface area contributed by atoms with Crippen LogP contribution in [0, 0.1) is 27.3 Å². The number of nitro benzene ring substituents is 1. The molecule has 2 aromatic rings. The van der Waals surface area contributed by atoms with Gasteiger partial charge in [0.25, 0.3) is 11.6 Å². The summed E-state index contributed by atoms with van der Waals surface area (Å²) in [6, 6.07) is 10.8. The number of nitrogens with one attached hydrogen (secondary N) is 1. The molecule has 24 heavy (non-hydrogen) atoms. The van der Waals surface area contributed by atoms with Crippen LogP contribution in [-0.2, 0) is 4.79 Å². The van der Waals surface area contributed by atoms with Crippen molar-refractivity contribution < 1.29 is 14.1 Å². The van der Waals surface area contributed by atoms with Crippen LogP contribution < -0.4 is 5.32 Å². The van der Waals surface area contributed by atoms with E-state index in [1.54, 1.807) is 30.3 Å². The van der Waals surface area contributed by atoms with Gasteiger partial charge in [-0.15, -0.1) is 0 Å². The molecule has 0 heterocycles. The van der Waals surface area contributed by atoms with E-state index < -0.39 is 16.6 Å².